The van der Waals surface area contributed by atoms with Gasteiger partial charge in [0.2, 0.25) is 5.91 Å². The molecule has 3 rings (SSSR count). The molecule has 1 aliphatic rings. The third-order valence-electron chi connectivity index (χ3n) is 5.05. The lowest BCUT2D eigenvalue weighted by molar-refractivity contribution is -0.122. The highest BCUT2D eigenvalue weighted by atomic mass is 16.5. The van der Waals surface area contributed by atoms with Crippen LogP contribution >= 0.6 is 0 Å². The number of hydrogen-bond acceptors (Lipinski definition) is 4. The molecule has 7 nitrogen and oxygen atoms in total. The Morgan fingerprint density at radius 1 is 1.17 bits per heavy atom. The van der Waals surface area contributed by atoms with E-state index >= 15 is 0 Å². The van der Waals surface area contributed by atoms with Gasteiger partial charge in [0.15, 0.2) is 0 Å². The molecule has 1 saturated heterocycles. The first-order valence-electron chi connectivity index (χ1n) is 9.93. The maximum Gasteiger partial charge on any atom is 0.312 e. The number of para-hydroxylation sites is 1. The number of nitrogens with one attached hydrogen (secondary N) is 3. The van der Waals surface area contributed by atoms with Gasteiger partial charge in [0.05, 0.1) is 12.5 Å². The predicted octanol–water partition coefficient (Wildman–Crippen LogP) is 2.84. The van der Waals surface area contributed by atoms with Gasteiger partial charge in [-0.1, -0.05) is 30.3 Å². The number of nitrogens with two attached hydrogens (primary N) is 1. The summed E-state index contributed by atoms with van der Waals surface area (Å²) in [6.45, 7) is 3.03. The van der Waals surface area contributed by atoms with Crippen molar-refractivity contribution in [2.75, 3.05) is 6.54 Å². The van der Waals surface area contributed by atoms with Crippen LogP contribution in [0.3, 0.4) is 0 Å². The van der Waals surface area contributed by atoms with Gasteiger partial charge in [-0.2, -0.15) is 0 Å². The van der Waals surface area contributed by atoms with E-state index in [1.54, 1.807) is 0 Å². The summed E-state index contributed by atoms with van der Waals surface area (Å²) in [6.07, 6.45) is 2.06. The van der Waals surface area contributed by atoms with E-state index in [2.05, 4.69) is 22.9 Å². The van der Waals surface area contributed by atoms with E-state index < -0.39 is 12.1 Å². The topological polar surface area (TPSA) is 105 Å². The fourth-order valence-electron chi connectivity index (χ4n) is 3.54. The molecule has 3 unspecified atom stereocenters. The van der Waals surface area contributed by atoms with Crippen molar-refractivity contribution in [1.29, 1.82) is 0 Å². The van der Waals surface area contributed by atoms with Crippen LogP contribution in [0.2, 0.25) is 0 Å². The van der Waals surface area contributed by atoms with Gasteiger partial charge < -0.3 is 26.4 Å². The monoisotopic (exact) mass is 396 g/mol. The molecule has 2 aromatic carbocycles. The molecule has 3 amide bonds. The number of primary amides is 1. The lowest BCUT2D eigenvalue weighted by Gasteiger charge is -2.31. The number of piperidine rings is 1. The van der Waals surface area contributed by atoms with E-state index in [0.29, 0.717) is 11.5 Å². The zero-order valence-corrected chi connectivity index (χ0v) is 16.6. The van der Waals surface area contributed by atoms with Gasteiger partial charge in [-0.15, -0.1) is 0 Å². The molecule has 2 aromatic rings. The molecule has 154 valence electrons. The van der Waals surface area contributed by atoms with Crippen LogP contribution in [-0.2, 0) is 4.79 Å². The molecular formula is C22H28N4O3. The summed E-state index contributed by atoms with van der Waals surface area (Å²) in [4.78, 5) is 24.2. The van der Waals surface area contributed by atoms with E-state index in [9.17, 15) is 9.59 Å². The Hall–Kier alpha value is -3.06. The van der Waals surface area contributed by atoms with Crippen molar-refractivity contribution in [2.24, 2.45) is 5.73 Å². The van der Waals surface area contributed by atoms with Crippen molar-refractivity contribution < 1.29 is 14.3 Å². The summed E-state index contributed by atoms with van der Waals surface area (Å²) in [6, 6.07) is 15.8. The molecule has 1 aliphatic heterocycles. The van der Waals surface area contributed by atoms with Crippen LogP contribution in [0, 0.1) is 0 Å². The Balaban J connectivity index is 1.70. The first-order valence-corrected chi connectivity index (χ1v) is 9.93. The normalized spacial score (nSPS) is 19.8. The van der Waals surface area contributed by atoms with Crippen molar-refractivity contribution in [3.63, 3.8) is 0 Å². The van der Waals surface area contributed by atoms with E-state index in [1.165, 1.54) is 0 Å². The maximum absolute atomic E-state index is 12.6. The number of carbonyl (C=O) groups is 2. The fourth-order valence-corrected chi connectivity index (χ4v) is 3.54. The van der Waals surface area contributed by atoms with Gasteiger partial charge in [-0.25, -0.2) is 4.79 Å². The Labute approximate surface area is 171 Å². The van der Waals surface area contributed by atoms with Gasteiger partial charge in [0.25, 0.3) is 0 Å². The summed E-state index contributed by atoms with van der Waals surface area (Å²) in [5.41, 5.74) is 6.10. The highest BCUT2D eigenvalue weighted by Gasteiger charge is 2.24. The number of amides is 3. The van der Waals surface area contributed by atoms with Crippen LogP contribution in [0.4, 0.5) is 4.79 Å². The van der Waals surface area contributed by atoms with Crippen LogP contribution in [-0.4, -0.2) is 30.6 Å². The SMILES string of the molecule is CC1NCCCC1NC(=O)CC(NC(N)=O)c1cccc(Oc2ccccc2)c1. The molecule has 0 spiro atoms. The fraction of sp³-hybridized carbons (Fsp3) is 0.364. The lowest BCUT2D eigenvalue weighted by atomic mass is 9.98. The molecule has 0 saturated carbocycles. The number of carbonyl (C=O) groups excluding carboxylic acids is 2. The van der Waals surface area contributed by atoms with E-state index in [4.69, 9.17) is 10.5 Å². The van der Waals surface area contributed by atoms with Crippen molar-refractivity contribution in [3.8, 4) is 11.5 Å². The van der Waals surface area contributed by atoms with Crippen LogP contribution in [0.15, 0.2) is 54.6 Å². The minimum atomic E-state index is -0.676. The predicted molar refractivity (Wildman–Crippen MR) is 112 cm³/mol. The van der Waals surface area contributed by atoms with Crippen LogP contribution < -0.4 is 26.4 Å². The summed E-state index contributed by atoms with van der Waals surface area (Å²) in [5, 5.41) is 9.11. The summed E-state index contributed by atoms with van der Waals surface area (Å²) in [7, 11) is 0. The molecule has 7 heteroatoms. The van der Waals surface area contributed by atoms with Crippen molar-refractivity contribution >= 4 is 11.9 Å². The van der Waals surface area contributed by atoms with Crippen molar-refractivity contribution in [2.45, 2.75) is 44.3 Å². The quantitative estimate of drug-likeness (QED) is 0.577. The van der Waals surface area contributed by atoms with Crippen LogP contribution in [0.5, 0.6) is 11.5 Å². The lowest BCUT2D eigenvalue weighted by Crippen LogP contribution is -2.52. The molecule has 1 heterocycles. The molecule has 0 radical (unpaired) electrons. The number of benzene rings is 2. The first-order chi connectivity index (χ1) is 14.0. The molecule has 29 heavy (non-hydrogen) atoms. The third kappa shape index (κ3) is 6.22. The molecule has 0 bridgehead atoms. The van der Waals surface area contributed by atoms with Gasteiger partial charge in [-0.05, 0) is 56.1 Å². The second kappa shape index (κ2) is 9.93. The largest absolute Gasteiger partial charge is 0.457 e. The molecule has 0 aromatic heterocycles. The standard InChI is InChI=1S/C22H28N4O3/c1-15-19(11-6-12-24-15)25-21(27)14-20(26-22(23)28)16-7-5-10-18(13-16)29-17-8-3-2-4-9-17/h2-5,7-10,13,15,19-20,24H,6,11-12,14H2,1H3,(H,25,27)(H3,23,26,28). The molecule has 1 fully saturated rings. The average molecular weight is 396 g/mol. The molecule has 5 N–H and O–H groups in total. The Bertz CT molecular complexity index is 828. The highest BCUT2D eigenvalue weighted by molar-refractivity contribution is 5.79. The first kappa shape index (κ1) is 20.7. The third-order valence-corrected chi connectivity index (χ3v) is 5.05. The minimum Gasteiger partial charge on any atom is -0.457 e. The molecule has 0 aliphatic carbocycles. The van der Waals surface area contributed by atoms with Gasteiger partial charge in [0, 0.05) is 12.1 Å². The zero-order valence-electron chi connectivity index (χ0n) is 16.6. The maximum atomic E-state index is 12.6. The number of hydrogen-bond donors (Lipinski definition) is 4. The summed E-state index contributed by atoms with van der Waals surface area (Å²) in [5.74, 6) is 1.20. The van der Waals surface area contributed by atoms with Crippen LogP contribution in [0.25, 0.3) is 0 Å². The molecular weight excluding hydrogens is 368 g/mol. The second-order valence-corrected chi connectivity index (χ2v) is 7.31. The smallest absolute Gasteiger partial charge is 0.312 e. The van der Waals surface area contributed by atoms with Crippen molar-refractivity contribution in [3.05, 3.63) is 60.2 Å². The Morgan fingerprint density at radius 3 is 2.66 bits per heavy atom. The second-order valence-electron chi connectivity index (χ2n) is 7.31. The molecule has 3 atom stereocenters. The van der Waals surface area contributed by atoms with E-state index in [0.717, 1.165) is 24.9 Å². The van der Waals surface area contributed by atoms with Crippen molar-refractivity contribution in [1.82, 2.24) is 16.0 Å². The Morgan fingerprint density at radius 2 is 1.93 bits per heavy atom. The van der Waals surface area contributed by atoms with Crippen LogP contribution in [0.1, 0.15) is 37.8 Å². The minimum absolute atomic E-state index is 0.0817. The average Bonchev–Trinajstić information content (AvgIpc) is 2.70. The van der Waals surface area contributed by atoms with Gasteiger partial charge in [-0.3, -0.25) is 4.79 Å². The van der Waals surface area contributed by atoms with Gasteiger partial charge in [0.1, 0.15) is 11.5 Å². The summed E-state index contributed by atoms with van der Waals surface area (Å²) >= 11 is 0. The van der Waals surface area contributed by atoms with E-state index in [1.807, 2.05) is 54.6 Å². The zero-order chi connectivity index (χ0) is 20.6. The van der Waals surface area contributed by atoms with E-state index in [-0.39, 0.29) is 24.4 Å². The number of ether oxygens (including phenoxy) is 1. The highest BCUT2D eigenvalue weighted by Crippen LogP contribution is 2.26. The van der Waals surface area contributed by atoms with Gasteiger partial charge >= 0.3 is 6.03 Å². The number of rotatable bonds is 7. The summed E-state index contributed by atoms with van der Waals surface area (Å²) < 4.78 is 5.86. The Kier molecular flexibility index (Phi) is 7.08. The number of urea groups is 1.